The van der Waals surface area contributed by atoms with Crippen LogP contribution in [-0.4, -0.2) is 119 Å². The first kappa shape index (κ1) is 37.0. The van der Waals surface area contributed by atoms with Crippen LogP contribution in [-0.2, 0) is 19.2 Å². The van der Waals surface area contributed by atoms with Crippen LogP contribution in [0.2, 0.25) is 0 Å². The number of nitrogens with zero attached hydrogens (tertiary/aromatic N) is 8. The molecule has 0 unspecified atom stereocenters. The molecule has 19 nitrogen and oxygen atoms in total. The van der Waals surface area contributed by atoms with Crippen LogP contribution >= 0.6 is 0 Å². The number of hydrogen-bond donors (Lipinski definition) is 6. The van der Waals surface area contributed by atoms with E-state index in [4.69, 9.17) is 14.7 Å². The van der Waals surface area contributed by atoms with Crippen molar-refractivity contribution < 1.29 is 42.6 Å². The van der Waals surface area contributed by atoms with E-state index in [2.05, 4.69) is 50.9 Å². The number of imidazole rings is 1. The minimum Gasteiger partial charge on any atom is -0.508 e. The van der Waals surface area contributed by atoms with Gasteiger partial charge in [-0.15, -0.1) is 5.10 Å². The van der Waals surface area contributed by atoms with E-state index in [-0.39, 0.29) is 34.2 Å². The van der Waals surface area contributed by atoms with Crippen molar-refractivity contribution in [3.05, 3.63) is 66.6 Å². The second-order valence-corrected chi connectivity index (χ2v) is 12.5. The summed E-state index contributed by atoms with van der Waals surface area (Å²) in [5.74, 6) is -1.61. The van der Waals surface area contributed by atoms with Crippen LogP contribution in [0.3, 0.4) is 0 Å². The lowest BCUT2D eigenvalue weighted by Gasteiger charge is -2.16. The van der Waals surface area contributed by atoms with Crippen molar-refractivity contribution in [3.63, 3.8) is 0 Å². The van der Waals surface area contributed by atoms with Gasteiger partial charge in [-0.3, -0.25) is 13.5 Å². The van der Waals surface area contributed by atoms with Gasteiger partial charge in [0.15, 0.2) is 17.7 Å². The largest absolute Gasteiger partial charge is 0.508 e. The molecule has 0 aliphatic carbocycles. The molecular formula is C31H38N10O9S. The van der Waals surface area contributed by atoms with Gasteiger partial charge in [-0.05, 0) is 43.9 Å². The highest BCUT2D eigenvalue weighted by molar-refractivity contribution is 7.85. The Morgan fingerprint density at radius 2 is 1.76 bits per heavy atom. The smallest absolute Gasteiger partial charge is 0.362 e. The summed E-state index contributed by atoms with van der Waals surface area (Å²) in [7, 11) is -4.71. The van der Waals surface area contributed by atoms with E-state index in [1.807, 2.05) is 0 Å². The van der Waals surface area contributed by atoms with Crippen molar-refractivity contribution in [1.29, 1.82) is 0 Å². The Hall–Kier alpha value is -5.25. The van der Waals surface area contributed by atoms with Gasteiger partial charge in [-0.25, -0.2) is 9.71 Å². The van der Waals surface area contributed by atoms with Crippen molar-refractivity contribution in [1.82, 2.24) is 44.1 Å². The van der Waals surface area contributed by atoms with Crippen LogP contribution in [0.1, 0.15) is 37.4 Å². The number of anilines is 1. The zero-order valence-electron chi connectivity index (χ0n) is 27.8. The van der Waals surface area contributed by atoms with Crippen LogP contribution in [0, 0.1) is 0 Å². The number of ether oxygens (including phenoxy) is 1. The van der Waals surface area contributed by atoms with Crippen molar-refractivity contribution in [2.24, 2.45) is 0 Å². The number of nitrogens with two attached hydrogens (primary N) is 1. The maximum atomic E-state index is 12.4. The number of aliphatic hydroxyl groups excluding tert-OH is 2. The maximum absolute atomic E-state index is 12.4. The summed E-state index contributed by atoms with van der Waals surface area (Å²) in [5, 5.41) is 49.0. The number of benzene rings is 2. The number of phenolic OH excluding ortho intramolecular Hbond substituents is 2. The normalized spacial score (nSPS) is 18.9. The Kier molecular flexibility index (Phi) is 11.4. The summed E-state index contributed by atoms with van der Waals surface area (Å²) in [5.41, 5.74) is 7.02. The number of para-hydroxylation sites is 1. The number of nitrogens with one attached hydrogen (secondary N) is 1. The molecule has 1 amide bonds. The number of amides is 1. The second-order valence-electron chi connectivity index (χ2n) is 11.2. The Morgan fingerprint density at radius 1 is 1.04 bits per heavy atom. The van der Waals surface area contributed by atoms with Gasteiger partial charge in [0, 0.05) is 5.56 Å². The van der Waals surface area contributed by atoms with Gasteiger partial charge in [0.25, 0.3) is 11.9 Å². The molecule has 3 aromatic heterocycles. The lowest BCUT2D eigenvalue weighted by atomic mass is 10.1. The number of phenols is 2. The topological polar surface area (TPSA) is 266 Å². The number of rotatable bonds is 11. The first-order valence-corrected chi connectivity index (χ1v) is 17.2. The number of carbonyl (C=O) groups is 1. The van der Waals surface area contributed by atoms with Crippen LogP contribution in [0.15, 0.2) is 61.1 Å². The molecule has 20 heteroatoms. The average Bonchev–Trinajstić information content (AvgIpc) is 3.83. The third-order valence-electron chi connectivity index (χ3n) is 7.98. The van der Waals surface area contributed by atoms with Crippen LogP contribution < -0.4 is 10.5 Å². The average molecular weight is 727 g/mol. The molecule has 7 N–H and O–H groups in total. The van der Waals surface area contributed by atoms with Gasteiger partial charge in [-0.2, -0.15) is 23.1 Å². The van der Waals surface area contributed by atoms with Gasteiger partial charge in [0.2, 0.25) is 0 Å². The second kappa shape index (κ2) is 15.7. The highest BCUT2D eigenvalue weighted by Gasteiger charge is 2.45. The Labute approximate surface area is 292 Å². The molecule has 4 atom stereocenters. The highest BCUT2D eigenvalue weighted by atomic mass is 32.2. The predicted molar refractivity (Wildman–Crippen MR) is 182 cm³/mol. The third kappa shape index (κ3) is 8.39. The van der Waals surface area contributed by atoms with Crippen LogP contribution in [0.5, 0.6) is 11.5 Å². The summed E-state index contributed by atoms with van der Waals surface area (Å²) in [6.45, 7) is 9.34. The van der Waals surface area contributed by atoms with E-state index in [1.54, 1.807) is 16.9 Å². The number of aliphatic hydroxyl groups is 2. The molecule has 5 aromatic rings. The zero-order chi connectivity index (χ0) is 36.9. The number of aromatic hydroxyl groups is 2. The lowest BCUT2D eigenvalue weighted by Crippen LogP contribution is -2.37. The first-order valence-electron chi connectivity index (χ1n) is 15.8. The van der Waals surface area contributed by atoms with E-state index in [1.165, 1.54) is 77.8 Å². The van der Waals surface area contributed by atoms with Gasteiger partial charge >= 0.3 is 10.3 Å². The van der Waals surface area contributed by atoms with Crippen LogP contribution in [0.25, 0.3) is 28.4 Å². The summed E-state index contributed by atoms with van der Waals surface area (Å²) in [6.07, 6.45) is -3.16. The summed E-state index contributed by atoms with van der Waals surface area (Å²) >= 11 is 0. The van der Waals surface area contributed by atoms with E-state index in [0.29, 0.717) is 11.3 Å². The number of carbonyl (C=O) groups excluding carboxylic acids is 1. The molecule has 1 aliphatic rings. The van der Waals surface area contributed by atoms with E-state index < -0.39 is 53.1 Å². The number of nitrogen functional groups attached to an aromatic ring is 1. The minimum atomic E-state index is -4.71. The molecule has 1 saturated heterocycles. The van der Waals surface area contributed by atoms with Gasteiger partial charge in [-0.1, -0.05) is 50.3 Å². The molecule has 1 aliphatic heterocycles. The van der Waals surface area contributed by atoms with Gasteiger partial charge < -0.3 is 35.8 Å². The molecule has 2 aromatic carbocycles. The van der Waals surface area contributed by atoms with Crippen molar-refractivity contribution in [3.8, 4) is 28.7 Å². The fourth-order valence-corrected chi connectivity index (χ4v) is 5.87. The number of fused-ring (bicyclic) bond motifs is 1. The molecular weight excluding hydrogens is 688 g/mol. The quantitative estimate of drug-likeness (QED) is 0.109. The SMILES string of the molecule is CCN(CC)CC.Nc1nc(-n2cc(-c3cccc(O)c3)nn2)nc2c1ncn2[C@@H]1O[C@H](COS(=O)(=O)NC(=O)c2ccccc2O)[C@@H](O)[C@H]1O. The van der Waals surface area contributed by atoms with Crippen molar-refractivity contribution >= 4 is 33.2 Å². The molecule has 51 heavy (non-hydrogen) atoms. The molecule has 0 saturated carbocycles. The summed E-state index contributed by atoms with van der Waals surface area (Å²) in [6, 6.07) is 11.7. The summed E-state index contributed by atoms with van der Waals surface area (Å²) < 4.78 is 39.4. The Bertz CT molecular complexity index is 2080. The molecule has 4 heterocycles. The summed E-state index contributed by atoms with van der Waals surface area (Å²) in [4.78, 5) is 27.4. The zero-order valence-corrected chi connectivity index (χ0v) is 28.6. The third-order valence-corrected chi connectivity index (χ3v) is 8.87. The number of aromatic nitrogens is 7. The fourth-order valence-electron chi connectivity index (χ4n) is 5.16. The fraction of sp³-hybridized carbons (Fsp3) is 0.355. The predicted octanol–water partition coefficient (Wildman–Crippen LogP) is 0.726. The molecule has 1 fully saturated rings. The Morgan fingerprint density at radius 3 is 2.43 bits per heavy atom. The van der Waals surface area contributed by atoms with E-state index in [0.717, 1.165) is 0 Å². The monoisotopic (exact) mass is 726 g/mol. The van der Waals surface area contributed by atoms with Crippen LogP contribution in [0.4, 0.5) is 5.82 Å². The highest BCUT2D eigenvalue weighted by Crippen LogP contribution is 2.33. The molecule has 0 radical (unpaired) electrons. The van der Waals surface area contributed by atoms with Crippen molar-refractivity contribution in [2.75, 3.05) is 32.0 Å². The van der Waals surface area contributed by atoms with Crippen molar-refractivity contribution in [2.45, 2.75) is 45.3 Å². The van der Waals surface area contributed by atoms with Gasteiger partial charge in [0.1, 0.15) is 41.0 Å². The molecule has 272 valence electrons. The van der Waals surface area contributed by atoms with E-state index in [9.17, 15) is 33.6 Å². The van der Waals surface area contributed by atoms with E-state index >= 15 is 0 Å². The standard InChI is InChI=1S/C25H23N9O9S.C6H15N/c26-21-18-22(29-25(28-21)34-9-15(30-32-34)12-4-3-5-13(35)8-12)33(11-27-18)24-20(38)19(37)17(43-24)10-42-44(40,41)31-23(39)14-6-1-2-7-16(14)36;1-4-7(5-2)6-3/h1-9,11,17,19-20,24,35-38H,10H2,(H,31,39)(H2,26,28,29);4-6H2,1-3H3/t17-,19-,20-,24-;/m1./s1. The number of hydrogen-bond acceptors (Lipinski definition) is 16. The first-order chi connectivity index (χ1) is 24.3. The Balaban J connectivity index is 0.000000654. The molecule has 0 bridgehead atoms. The molecule has 6 rings (SSSR count). The maximum Gasteiger partial charge on any atom is 0.362 e. The minimum absolute atomic E-state index is 0.0186. The van der Waals surface area contributed by atoms with Gasteiger partial charge in [0.05, 0.1) is 24.7 Å². The molecule has 0 spiro atoms. The lowest BCUT2D eigenvalue weighted by molar-refractivity contribution is -0.0468.